The monoisotopic (exact) mass is 479 g/mol. The summed E-state index contributed by atoms with van der Waals surface area (Å²) >= 11 is 0. The first-order chi connectivity index (χ1) is 15.8. The number of carbonyl (C=O) groups is 3. The van der Waals surface area contributed by atoms with Crippen molar-refractivity contribution >= 4 is 17.8 Å². The van der Waals surface area contributed by atoms with Crippen LogP contribution in [0, 0.1) is 0 Å². The molecule has 0 aromatic carbocycles. The van der Waals surface area contributed by atoms with Crippen LogP contribution in [0.25, 0.3) is 0 Å². The molecule has 10 heteroatoms. The first kappa shape index (κ1) is 24.8. The molecule has 2 aliphatic carbocycles. The lowest BCUT2D eigenvalue weighted by Gasteiger charge is -2.46. The third-order valence-corrected chi connectivity index (χ3v) is 6.25. The molecule has 2 heterocycles. The Kier molecular flexibility index (Phi) is 6.39. The van der Waals surface area contributed by atoms with E-state index in [0.717, 1.165) is 0 Å². The lowest BCUT2D eigenvalue weighted by atomic mass is 9.87. The Balaban J connectivity index is 1.72. The molecule has 2 saturated heterocycles. The standard InChI is InChI=1S/C24H33NO9/c1-12(26)25(15-8-10-17-21(19(15)29-13(2)27)33-23(4,5)31-17)16-9-11-18-22(20(16)30-14(3)28)34-24(6,7)32-18/h8-11,15-22H,1-7H3/t15-,16-,17+,18+,19+,20+,21+,22+/m0/s1. The van der Waals surface area contributed by atoms with Gasteiger partial charge in [0.15, 0.2) is 23.8 Å². The van der Waals surface area contributed by atoms with Gasteiger partial charge in [0.1, 0.15) is 24.4 Å². The highest BCUT2D eigenvalue weighted by molar-refractivity contribution is 5.75. The highest BCUT2D eigenvalue weighted by Gasteiger charge is 2.56. The third-order valence-electron chi connectivity index (χ3n) is 6.25. The van der Waals surface area contributed by atoms with Crippen molar-refractivity contribution in [2.45, 2.75) is 109 Å². The maximum Gasteiger partial charge on any atom is 0.303 e. The molecular weight excluding hydrogens is 446 g/mol. The number of rotatable bonds is 4. The van der Waals surface area contributed by atoms with Crippen LogP contribution >= 0.6 is 0 Å². The number of fused-ring (bicyclic) bond motifs is 2. The van der Waals surface area contributed by atoms with Gasteiger partial charge in [0.05, 0.1) is 12.1 Å². The van der Waals surface area contributed by atoms with Crippen molar-refractivity contribution in [2.24, 2.45) is 0 Å². The van der Waals surface area contributed by atoms with Crippen LogP contribution in [0.5, 0.6) is 0 Å². The highest BCUT2D eigenvalue weighted by atomic mass is 16.8. The van der Waals surface area contributed by atoms with Gasteiger partial charge in [-0.05, 0) is 27.7 Å². The Labute approximate surface area is 199 Å². The Hall–Kier alpha value is -2.27. The van der Waals surface area contributed by atoms with Gasteiger partial charge in [0, 0.05) is 20.8 Å². The number of hydrogen-bond acceptors (Lipinski definition) is 9. The fourth-order valence-corrected chi connectivity index (χ4v) is 5.27. The first-order valence-corrected chi connectivity index (χ1v) is 11.5. The molecule has 0 unspecified atom stereocenters. The largest absolute Gasteiger partial charge is 0.457 e. The maximum atomic E-state index is 13.1. The Morgan fingerprint density at radius 1 is 0.676 bits per heavy atom. The molecule has 0 radical (unpaired) electrons. The molecule has 4 rings (SSSR count). The van der Waals surface area contributed by atoms with E-state index >= 15 is 0 Å². The minimum atomic E-state index is -0.882. The molecule has 0 saturated carbocycles. The van der Waals surface area contributed by atoms with Crippen molar-refractivity contribution in [1.29, 1.82) is 0 Å². The van der Waals surface area contributed by atoms with Gasteiger partial charge in [-0.3, -0.25) is 14.4 Å². The summed E-state index contributed by atoms with van der Waals surface area (Å²) in [5, 5.41) is 0. The minimum absolute atomic E-state index is 0.299. The quantitative estimate of drug-likeness (QED) is 0.439. The number of carbonyl (C=O) groups excluding carboxylic acids is 3. The zero-order valence-corrected chi connectivity index (χ0v) is 20.5. The lowest BCUT2D eigenvalue weighted by molar-refractivity contribution is -0.184. The molecule has 0 N–H and O–H groups in total. The fraction of sp³-hybridized carbons (Fsp3) is 0.708. The van der Waals surface area contributed by atoms with Crippen LogP contribution in [0.3, 0.4) is 0 Å². The van der Waals surface area contributed by atoms with E-state index in [0.29, 0.717) is 0 Å². The SMILES string of the molecule is CC(=O)O[C@H]1[C@@H]2OC(C)(C)O[C@@H]2C=C[C@@H]1N(C(C)=O)[C@H]1C=C[C@H]2OC(C)(C)O[C@H]2[C@@H]1OC(C)=O. The first-order valence-electron chi connectivity index (χ1n) is 11.5. The summed E-state index contributed by atoms with van der Waals surface area (Å²) in [6, 6.07) is -1.39. The van der Waals surface area contributed by atoms with Crippen LogP contribution in [0.1, 0.15) is 48.5 Å². The molecule has 1 amide bonds. The van der Waals surface area contributed by atoms with Gasteiger partial charge < -0.3 is 33.3 Å². The number of nitrogens with zero attached hydrogens (tertiary/aromatic N) is 1. The molecule has 34 heavy (non-hydrogen) atoms. The minimum Gasteiger partial charge on any atom is -0.457 e. The average molecular weight is 480 g/mol. The van der Waals surface area contributed by atoms with Crippen LogP contribution < -0.4 is 0 Å². The second-order valence-electron chi connectivity index (χ2n) is 9.95. The summed E-state index contributed by atoms with van der Waals surface area (Å²) < 4.78 is 35.4. The Bertz CT molecular complexity index is 844. The molecule has 0 aromatic heterocycles. The smallest absolute Gasteiger partial charge is 0.303 e. The van der Waals surface area contributed by atoms with Gasteiger partial charge >= 0.3 is 11.9 Å². The van der Waals surface area contributed by atoms with E-state index in [9.17, 15) is 14.4 Å². The normalized spacial score (nSPS) is 39.1. The van der Waals surface area contributed by atoms with Gasteiger partial charge in [0.2, 0.25) is 5.91 Å². The molecule has 8 atom stereocenters. The summed E-state index contributed by atoms with van der Waals surface area (Å²) in [6.45, 7) is 11.2. The van der Waals surface area contributed by atoms with E-state index in [1.54, 1.807) is 44.7 Å². The maximum absolute atomic E-state index is 13.1. The highest BCUT2D eigenvalue weighted by Crippen LogP contribution is 2.40. The van der Waals surface area contributed by atoms with Gasteiger partial charge in [-0.1, -0.05) is 24.3 Å². The number of hydrogen-bond donors (Lipinski definition) is 0. The Morgan fingerprint density at radius 2 is 1.06 bits per heavy atom. The summed E-state index contributed by atoms with van der Waals surface area (Å²) in [7, 11) is 0. The summed E-state index contributed by atoms with van der Waals surface area (Å²) in [5.41, 5.74) is 0. The molecule has 188 valence electrons. The lowest BCUT2D eigenvalue weighted by Crippen LogP contribution is -2.63. The summed E-state index contributed by atoms with van der Waals surface area (Å²) in [6.07, 6.45) is 3.41. The topological polar surface area (TPSA) is 110 Å². The molecule has 4 aliphatic rings. The number of amides is 1. The van der Waals surface area contributed by atoms with E-state index in [4.69, 9.17) is 28.4 Å². The van der Waals surface area contributed by atoms with E-state index < -0.39 is 72.2 Å². The van der Waals surface area contributed by atoms with Crippen molar-refractivity contribution in [3.8, 4) is 0 Å². The van der Waals surface area contributed by atoms with E-state index in [1.165, 1.54) is 20.8 Å². The van der Waals surface area contributed by atoms with Crippen LogP contribution in [-0.4, -0.2) is 83.0 Å². The van der Waals surface area contributed by atoms with Crippen molar-refractivity contribution in [3.05, 3.63) is 24.3 Å². The van der Waals surface area contributed by atoms with Crippen LogP contribution in [-0.2, 0) is 42.8 Å². The van der Waals surface area contributed by atoms with Crippen molar-refractivity contribution < 1.29 is 42.8 Å². The number of esters is 2. The summed E-state index contributed by atoms with van der Waals surface area (Å²) in [4.78, 5) is 38.7. The molecule has 0 bridgehead atoms. The second-order valence-corrected chi connectivity index (χ2v) is 9.95. The van der Waals surface area contributed by atoms with Crippen molar-refractivity contribution in [3.63, 3.8) is 0 Å². The van der Waals surface area contributed by atoms with Crippen molar-refractivity contribution in [1.82, 2.24) is 4.90 Å². The zero-order chi connectivity index (χ0) is 25.0. The summed E-state index contributed by atoms with van der Waals surface area (Å²) in [5.74, 6) is -3.08. The van der Waals surface area contributed by atoms with Gasteiger partial charge in [-0.15, -0.1) is 0 Å². The van der Waals surface area contributed by atoms with Gasteiger partial charge in [-0.25, -0.2) is 0 Å². The van der Waals surface area contributed by atoms with Crippen molar-refractivity contribution in [2.75, 3.05) is 0 Å². The molecule has 0 spiro atoms. The predicted octanol–water partition coefficient (Wildman–Crippen LogP) is 1.62. The molecular formula is C24H33NO9. The second kappa shape index (κ2) is 8.75. The molecule has 2 aliphatic heterocycles. The van der Waals surface area contributed by atoms with E-state index in [-0.39, 0.29) is 5.91 Å². The number of ether oxygens (including phenoxy) is 6. The molecule has 2 fully saturated rings. The Morgan fingerprint density at radius 3 is 1.38 bits per heavy atom. The molecule has 10 nitrogen and oxygen atoms in total. The third kappa shape index (κ3) is 4.77. The van der Waals surface area contributed by atoms with Crippen LogP contribution in [0.4, 0.5) is 0 Å². The van der Waals surface area contributed by atoms with Crippen LogP contribution in [0.15, 0.2) is 24.3 Å². The fourth-order valence-electron chi connectivity index (χ4n) is 5.27. The van der Waals surface area contributed by atoms with Gasteiger partial charge in [-0.2, -0.15) is 0 Å². The van der Waals surface area contributed by atoms with Crippen LogP contribution in [0.2, 0.25) is 0 Å². The van der Waals surface area contributed by atoms with Gasteiger partial charge in [0.25, 0.3) is 0 Å². The van der Waals surface area contributed by atoms with E-state index in [1.807, 2.05) is 12.2 Å². The average Bonchev–Trinajstić information content (AvgIpc) is 3.18. The van der Waals surface area contributed by atoms with E-state index in [2.05, 4.69) is 0 Å². The predicted molar refractivity (Wildman–Crippen MR) is 117 cm³/mol. The zero-order valence-electron chi connectivity index (χ0n) is 20.5. The molecule has 0 aromatic rings.